The molecule has 0 aliphatic carbocycles. The zero-order valence-electron chi connectivity index (χ0n) is 16.3. The van der Waals surface area contributed by atoms with Crippen LogP contribution in [0.2, 0.25) is 0 Å². The van der Waals surface area contributed by atoms with E-state index in [9.17, 15) is 5.11 Å². The van der Waals surface area contributed by atoms with Crippen molar-refractivity contribution in [3.05, 3.63) is 29.3 Å². The summed E-state index contributed by atoms with van der Waals surface area (Å²) in [6.45, 7) is 12.2. The zero-order valence-corrected chi connectivity index (χ0v) is 16.3. The SMILES string of the molecule is CCCC[C@@H]1CN(Cc2ccc(OCC)c(CO)c2)C[C@H](C(C)C)O1. The second-order valence-corrected chi connectivity index (χ2v) is 7.41. The Hall–Kier alpha value is -1.10. The maximum atomic E-state index is 9.62. The first-order valence-electron chi connectivity index (χ1n) is 9.80. The van der Waals surface area contributed by atoms with Crippen LogP contribution in [0.4, 0.5) is 0 Å². The molecule has 1 saturated heterocycles. The first-order valence-corrected chi connectivity index (χ1v) is 9.80. The van der Waals surface area contributed by atoms with Gasteiger partial charge in [0.15, 0.2) is 0 Å². The second-order valence-electron chi connectivity index (χ2n) is 7.41. The quantitative estimate of drug-likeness (QED) is 0.732. The molecule has 1 fully saturated rings. The van der Waals surface area contributed by atoms with Gasteiger partial charge in [0, 0.05) is 25.2 Å². The van der Waals surface area contributed by atoms with E-state index in [2.05, 4.69) is 37.8 Å². The third kappa shape index (κ3) is 5.98. The minimum Gasteiger partial charge on any atom is -0.494 e. The Bertz CT molecular complexity index is 518. The van der Waals surface area contributed by atoms with Crippen molar-refractivity contribution < 1.29 is 14.6 Å². The van der Waals surface area contributed by atoms with Gasteiger partial charge in [0.05, 0.1) is 25.4 Å². The van der Waals surface area contributed by atoms with Crippen molar-refractivity contribution in [1.82, 2.24) is 4.90 Å². The largest absolute Gasteiger partial charge is 0.494 e. The molecule has 2 atom stereocenters. The summed E-state index contributed by atoms with van der Waals surface area (Å²) in [7, 11) is 0. The molecule has 1 aromatic rings. The Kier molecular flexibility index (Phi) is 8.20. The van der Waals surface area contributed by atoms with E-state index in [1.165, 1.54) is 18.4 Å². The van der Waals surface area contributed by atoms with Gasteiger partial charge >= 0.3 is 0 Å². The maximum Gasteiger partial charge on any atom is 0.124 e. The average molecular weight is 350 g/mol. The lowest BCUT2D eigenvalue weighted by atomic mass is 10.0. The van der Waals surface area contributed by atoms with Crippen LogP contribution in [-0.2, 0) is 17.9 Å². The highest BCUT2D eigenvalue weighted by atomic mass is 16.5. The Balaban J connectivity index is 2.06. The third-order valence-corrected chi connectivity index (χ3v) is 4.89. The first kappa shape index (κ1) is 20.2. The van der Waals surface area contributed by atoms with Gasteiger partial charge in [0.1, 0.15) is 5.75 Å². The first-order chi connectivity index (χ1) is 12.1. The van der Waals surface area contributed by atoms with Crippen LogP contribution in [-0.4, -0.2) is 41.9 Å². The summed E-state index contributed by atoms with van der Waals surface area (Å²) in [5, 5.41) is 9.62. The third-order valence-electron chi connectivity index (χ3n) is 4.89. The monoisotopic (exact) mass is 349 g/mol. The minimum atomic E-state index is 0.0139. The summed E-state index contributed by atoms with van der Waals surface area (Å²) in [5.74, 6) is 1.32. The molecule has 4 nitrogen and oxygen atoms in total. The van der Waals surface area contributed by atoms with E-state index in [0.29, 0.717) is 24.7 Å². The van der Waals surface area contributed by atoms with Crippen LogP contribution in [0.3, 0.4) is 0 Å². The summed E-state index contributed by atoms with van der Waals surface area (Å²) in [6, 6.07) is 6.18. The summed E-state index contributed by atoms with van der Waals surface area (Å²) in [5.41, 5.74) is 2.10. The summed E-state index contributed by atoms with van der Waals surface area (Å²) in [4.78, 5) is 2.51. The maximum absolute atomic E-state index is 9.62. The molecule has 2 rings (SSSR count). The molecule has 0 unspecified atom stereocenters. The highest BCUT2D eigenvalue weighted by Crippen LogP contribution is 2.25. The van der Waals surface area contributed by atoms with E-state index >= 15 is 0 Å². The van der Waals surface area contributed by atoms with Crippen LogP contribution in [0.5, 0.6) is 5.75 Å². The van der Waals surface area contributed by atoms with E-state index in [0.717, 1.165) is 37.4 Å². The van der Waals surface area contributed by atoms with Gasteiger partial charge in [-0.15, -0.1) is 0 Å². The molecule has 0 aromatic heterocycles. The summed E-state index contributed by atoms with van der Waals surface area (Å²) < 4.78 is 11.9. The van der Waals surface area contributed by atoms with E-state index in [4.69, 9.17) is 9.47 Å². The molecular weight excluding hydrogens is 314 g/mol. The van der Waals surface area contributed by atoms with Crippen LogP contribution >= 0.6 is 0 Å². The summed E-state index contributed by atoms with van der Waals surface area (Å²) in [6.07, 6.45) is 4.21. The lowest BCUT2D eigenvalue weighted by Gasteiger charge is -2.40. The molecule has 1 aromatic carbocycles. The molecule has 0 radical (unpaired) electrons. The Morgan fingerprint density at radius 1 is 1.28 bits per heavy atom. The predicted octanol–water partition coefficient (Wildman–Crippen LogP) is 3.99. The Morgan fingerprint density at radius 2 is 2.08 bits per heavy atom. The van der Waals surface area contributed by atoms with Gasteiger partial charge in [-0.05, 0) is 37.0 Å². The molecule has 142 valence electrons. The van der Waals surface area contributed by atoms with Crippen molar-refractivity contribution in [3.63, 3.8) is 0 Å². The number of morpholine rings is 1. The smallest absolute Gasteiger partial charge is 0.124 e. The molecule has 1 heterocycles. The number of ether oxygens (including phenoxy) is 2. The summed E-state index contributed by atoms with van der Waals surface area (Å²) >= 11 is 0. The molecular formula is C21H35NO3. The molecule has 1 N–H and O–H groups in total. The van der Waals surface area contributed by atoms with Crippen molar-refractivity contribution in [2.75, 3.05) is 19.7 Å². The van der Waals surface area contributed by atoms with Gasteiger partial charge < -0.3 is 14.6 Å². The number of aliphatic hydroxyl groups excluding tert-OH is 1. The van der Waals surface area contributed by atoms with E-state index in [1.54, 1.807) is 0 Å². The normalized spacial score (nSPS) is 21.7. The number of nitrogens with zero attached hydrogens (tertiary/aromatic N) is 1. The van der Waals surface area contributed by atoms with Crippen molar-refractivity contribution in [3.8, 4) is 5.75 Å². The molecule has 0 spiro atoms. The lowest BCUT2D eigenvalue weighted by Crippen LogP contribution is -2.49. The van der Waals surface area contributed by atoms with Gasteiger partial charge in [-0.2, -0.15) is 0 Å². The molecule has 4 heteroatoms. The van der Waals surface area contributed by atoms with E-state index in [1.807, 2.05) is 13.0 Å². The topological polar surface area (TPSA) is 41.9 Å². The fourth-order valence-corrected chi connectivity index (χ4v) is 3.45. The van der Waals surface area contributed by atoms with Gasteiger partial charge in [0.2, 0.25) is 0 Å². The molecule has 0 saturated carbocycles. The number of rotatable bonds is 9. The Morgan fingerprint density at radius 3 is 2.72 bits per heavy atom. The molecule has 1 aliphatic rings. The van der Waals surface area contributed by atoms with E-state index in [-0.39, 0.29) is 6.61 Å². The number of unbranched alkanes of at least 4 members (excludes halogenated alkanes) is 1. The van der Waals surface area contributed by atoms with Crippen molar-refractivity contribution in [2.24, 2.45) is 5.92 Å². The van der Waals surface area contributed by atoms with Gasteiger partial charge in [0.25, 0.3) is 0 Å². The standard InChI is InChI=1S/C21H35NO3/c1-5-7-8-19-13-22(14-21(25-19)16(3)4)12-17-9-10-20(24-6-2)18(11-17)15-23/h9-11,16,19,21,23H,5-8,12-15H2,1-4H3/t19-,21-/m1/s1. The Labute approximate surface area is 153 Å². The van der Waals surface area contributed by atoms with Crippen molar-refractivity contribution in [2.45, 2.75) is 72.3 Å². The van der Waals surface area contributed by atoms with Crippen LogP contribution < -0.4 is 4.74 Å². The molecule has 25 heavy (non-hydrogen) atoms. The fraction of sp³-hybridized carbons (Fsp3) is 0.714. The van der Waals surface area contributed by atoms with Gasteiger partial charge in [-0.1, -0.05) is 39.7 Å². The van der Waals surface area contributed by atoms with Crippen LogP contribution in [0, 0.1) is 5.92 Å². The number of hydrogen-bond donors (Lipinski definition) is 1. The highest BCUT2D eigenvalue weighted by Gasteiger charge is 2.29. The van der Waals surface area contributed by atoms with Crippen molar-refractivity contribution in [1.29, 1.82) is 0 Å². The van der Waals surface area contributed by atoms with E-state index < -0.39 is 0 Å². The number of hydrogen-bond acceptors (Lipinski definition) is 4. The molecule has 0 amide bonds. The van der Waals surface area contributed by atoms with Gasteiger partial charge in [-0.25, -0.2) is 0 Å². The number of aliphatic hydroxyl groups is 1. The highest BCUT2D eigenvalue weighted by molar-refractivity contribution is 5.37. The predicted molar refractivity (Wildman–Crippen MR) is 102 cm³/mol. The zero-order chi connectivity index (χ0) is 18.2. The molecule has 1 aliphatic heterocycles. The minimum absolute atomic E-state index is 0.0139. The average Bonchev–Trinajstić information content (AvgIpc) is 2.61. The fourth-order valence-electron chi connectivity index (χ4n) is 3.45. The second kappa shape index (κ2) is 10.1. The molecule has 0 bridgehead atoms. The van der Waals surface area contributed by atoms with Gasteiger partial charge in [-0.3, -0.25) is 4.90 Å². The van der Waals surface area contributed by atoms with Crippen LogP contribution in [0.25, 0.3) is 0 Å². The lowest BCUT2D eigenvalue weighted by molar-refractivity contribution is -0.108. The van der Waals surface area contributed by atoms with Crippen molar-refractivity contribution >= 4 is 0 Å². The van der Waals surface area contributed by atoms with Crippen LogP contribution in [0.1, 0.15) is 58.1 Å². The van der Waals surface area contributed by atoms with Crippen LogP contribution in [0.15, 0.2) is 18.2 Å². The number of benzene rings is 1.